The Balaban J connectivity index is 2.08. The predicted octanol–water partition coefficient (Wildman–Crippen LogP) is 1.26. The van der Waals surface area contributed by atoms with E-state index < -0.39 is 0 Å². The summed E-state index contributed by atoms with van der Waals surface area (Å²) in [5.74, 6) is 4.80. The molecule has 0 unspecified atom stereocenters. The number of aryl methyl sites for hydroxylation is 1. The van der Waals surface area contributed by atoms with Gasteiger partial charge in [-0.3, -0.25) is 4.79 Å². The Bertz CT molecular complexity index is 631. The molecule has 0 aliphatic heterocycles. The van der Waals surface area contributed by atoms with Crippen LogP contribution in [0.4, 0.5) is 0 Å². The fourth-order valence-electron chi connectivity index (χ4n) is 1.96. The molecule has 18 heavy (non-hydrogen) atoms. The SMILES string of the molecule is CC#CC(=O)NCCc1cn(C)c2ncccc12. The zero-order valence-corrected chi connectivity index (χ0v) is 10.5. The van der Waals surface area contributed by atoms with Crippen molar-refractivity contribution in [3.63, 3.8) is 0 Å². The highest BCUT2D eigenvalue weighted by molar-refractivity contribution is 5.93. The van der Waals surface area contributed by atoms with Gasteiger partial charge in [0.15, 0.2) is 0 Å². The quantitative estimate of drug-likeness (QED) is 0.822. The minimum atomic E-state index is -0.226. The number of pyridine rings is 1. The van der Waals surface area contributed by atoms with Crippen LogP contribution in [0.1, 0.15) is 12.5 Å². The van der Waals surface area contributed by atoms with Crippen molar-refractivity contribution in [3.8, 4) is 11.8 Å². The summed E-state index contributed by atoms with van der Waals surface area (Å²) in [6.45, 7) is 2.23. The summed E-state index contributed by atoms with van der Waals surface area (Å²) in [5, 5.41) is 3.90. The number of fused-ring (bicyclic) bond motifs is 1. The van der Waals surface area contributed by atoms with Gasteiger partial charge in [-0.1, -0.05) is 5.92 Å². The lowest BCUT2D eigenvalue weighted by molar-refractivity contribution is -0.115. The van der Waals surface area contributed by atoms with Crippen LogP contribution in [-0.2, 0) is 18.3 Å². The standard InChI is InChI=1S/C14H15N3O/c1-3-5-13(18)15-9-7-11-10-17(2)14-12(11)6-4-8-16-14/h4,6,8,10H,7,9H2,1-2H3,(H,15,18). The summed E-state index contributed by atoms with van der Waals surface area (Å²) in [6.07, 6.45) is 4.61. The van der Waals surface area contributed by atoms with Crippen LogP contribution in [0.3, 0.4) is 0 Å². The van der Waals surface area contributed by atoms with Crippen molar-refractivity contribution in [2.45, 2.75) is 13.3 Å². The molecule has 0 radical (unpaired) electrons. The van der Waals surface area contributed by atoms with Gasteiger partial charge in [0.25, 0.3) is 5.91 Å². The van der Waals surface area contributed by atoms with Gasteiger partial charge in [0.05, 0.1) is 0 Å². The molecule has 1 amide bonds. The van der Waals surface area contributed by atoms with Crippen molar-refractivity contribution in [1.82, 2.24) is 14.9 Å². The van der Waals surface area contributed by atoms with E-state index in [9.17, 15) is 4.79 Å². The van der Waals surface area contributed by atoms with Crippen molar-refractivity contribution >= 4 is 16.9 Å². The third kappa shape index (κ3) is 2.51. The summed E-state index contributed by atoms with van der Waals surface area (Å²) in [6, 6.07) is 3.97. The van der Waals surface area contributed by atoms with E-state index in [1.54, 1.807) is 13.1 Å². The van der Waals surface area contributed by atoms with Gasteiger partial charge >= 0.3 is 0 Å². The Morgan fingerprint density at radius 3 is 3.17 bits per heavy atom. The number of hydrogen-bond acceptors (Lipinski definition) is 2. The lowest BCUT2D eigenvalue weighted by atomic mass is 10.1. The lowest BCUT2D eigenvalue weighted by Crippen LogP contribution is -2.23. The Kier molecular flexibility index (Phi) is 3.63. The van der Waals surface area contributed by atoms with Crippen LogP contribution >= 0.6 is 0 Å². The average Bonchev–Trinajstić information content (AvgIpc) is 2.68. The monoisotopic (exact) mass is 241 g/mol. The minimum Gasteiger partial charge on any atom is -0.345 e. The fourth-order valence-corrected chi connectivity index (χ4v) is 1.96. The zero-order chi connectivity index (χ0) is 13.0. The minimum absolute atomic E-state index is 0.226. The van der Waals surface area contributed by atoms with Gasteiger partial charge in [-0.05, 0) is 37.0 Å². The Labute approximate surface area is 106 Å². The van der Waals surface area contributed by atoms with E-state index in [4.69, 9.17) is 0 Å². The largest absolute Gasteiger partial charge is 0.345 e. The normalized spacial score (nSPS) is 9.89. The highest BCUT2D eigenvalue weighted by Crippen LogP contribution is 2.18. The van der Waals surface area contributed by atoms with Gasteiger partial charge in [0.1, 0.15) is 5.65 Å². The first kappa shape index (κ1) is 12.2. The summed E-state index contributed by atoms with van der Waals surface area (Å²) in [7, 11) is 1.97. The maximum Gasteiger partial charge on any atom is 0.295 e. The van der Waals surface area contributed by atoms with Crippen molar-refractivity contribution in [1.29, 1.82) is 0 Å². The van der Waals surface area contributed by atoms with Crippen LogP contribution in [0.15, 0.2) is 24.5 Å². The molecule has 0 spiro atoms. The number of nitrogens with zero attached hydrogens (tertiary/aromatic N) is 2. The number of nitrogens with one attached hydrogen (secondary N) is 1. The highest BCUT2D eigenvalue weighted by Gasteiger charge is 2.06. The van der Waals surface area contributed by atoms with E-state index in [2.05, 4.69) is 28.3 Å². The topological polar surface area (TPSA) is 46.9 Å². The second-order valence-corrected chi connectivity index (χ2v) is 4.02. The van der Waals surface area contributed by atoms with Crippen LogP contribution in [0.5, 0.6) is 0 Å². The summed E-state index contributed by atoms with van der Waals surface area (Å²) in [4.78, 5) is 15.5. The molecule has 2 aromatic rings. The lowest BCUT2D eigenvalue weighted by Gasteiger charge is -1.99. The van der Waals surface area contributed by atoms with Gasteiger partial charge in [-0.15, -0.1) is 0 Å². The smallest absolute Gasteiger partial charge is 0.295 e. The van der Waals surface area contributed by atoms with Crippen molar-refractivity contribution in [2.24, 2.45) is 7.05 Å². The Hall–Kier alpha value is -2.28. The second-order valence-electron chi connectivity index (χ2n) is 4.02. The molecule has 0 bridgehead atoms. The molecule has 0 aromatic carbocycles. The summed E-state index contributed by atoms with van der Waals surface area (Å²) >= 11 is 0. The van der Waals surface area contributed by atoms with Gasteiger partial charge in [0.2, 0.25) is 0 Å². The van der Waals surface area contributed by atoms with Gasteiger partial charge < -0.3 is 9.88 Å². The van der Waals surface area contributed by atoms with E-state index in [1.807, 2.05) is 23.7 Å². The molecule has 4 nitrogen and oxygen atoms in total. The van der Waals surface area contributed by atoms with Crippen LogP contribution in [0, 0.1) is 11.8 Å². The summed E-state index contributed by atoms with van der Waals surface area (Å²) in [5.41, 5.74) is 2.15. The predicted molar refractivity (Wildman–Crippen MR) is 70.9 cm³/mol. The maximum atomic E-state index is 11.2. The molecule has 4 heteroatoms. The van der Waals surface area contributed by atoms with Crippen LogP contribution in [-0.4, -0.2) is 22.0 Å². The Morgan fingerprint density at radius 1 is 1.56 bits per heavy atom. The first-order valence-electron chi connectivity index (χ1n) is 5.82. The van der Waals surface area contributed by atoms with Crippen LogP contribution in [0.2, 0.25) is 0 Å². The zero-order valence-electron chi connectivity index (χ0n) is 10.5. The number of hydrogen-bond donors (Lipinski definition) is 1. The number of rotatable bonds is 3. The van der Waals surface area contributed by atoms with Crippen LogP contribution < -0.4 is 5.32 Å². The van der Waals surface area contributed by atoms with Crippen molar-refractivity contribution < 1.29 is 4.79 Å². The number of aromatic nitrogens is 2. The molecular formula is C14H15N3O. The van der Waals surface area contributed by atoms with E-state index in [0.717, 1.165) is 17.5 Å². The first-order valence-corrected chi connectivity index (χ1v) is 5.82. The molecule has 0 saturated carbocycles. The van der Waals surface area contributed by atoms with E-state index in [0.29, 0.717) is 6.54 Å². The molecule has 0 atom stereocenters. The molecule has 0 fully saturated rings. The van der Waals surface area contributed by atoms with Gasteiger partial charge in [-0.25, -0.2) is 4.98 Å². The molecule has 2 aromatic heterocycles. The third-order valence-corrected chi connectivity index (χ3v) is 2.73. The number of carbonyl (C=O) groups is 1. The number of amides is 1. The Morgan fingerprint density at radius 2 is 2.39 bits per heavy atom. The molecule has 0 aliphatic carbocycles. The molecular weight excluding hydrogens is 226 g/mol. The molecule has 2 rings (SSSR count). The van der Waals surface area contributed by atoms with Gasteiger partial charge in [-0.2, -0.15) is 0 Å². The molecule has 0 saturated heterocycles. The molecule has 0 aliphatic rings. The highest BCUT2D eigenvalue weighted by atomic mass is 16.1. The van der Waals surface area contributed by atoms with E-state index in [1.165, 1.54) is 5.56 Å². The van der Waals surface area contributed by atoms with E-state index >= 15 is 0 Å². The molecule has 92 valence electrons. The first-order chi connectivity index (χ1) is 8.72. The number of carbonyl (C=O) groups excluding carboxylic acids is 1. The fraction of sp³-hybridized carbons (Fsp3) is 0.286. The average molecular weight is 241 g/mol. The molecule has 2 heterocycles. The van der Waals surface area contributed by atoms with Crippen molar-refractivity contribution in [3.05, 3.63) is 30.1 Å². The van der Waals surface area contributed by atoms with E-state index in [-0.39, 0.29) is 5.91 Å². The third-order valence-electron chi connectivity index (χ3n) is 2.73. The maximum absolute atomic E-state index is 11.2. The molecule has 1 N–H and O–H groups in total. The van der Waals surface area contributed by atoms with Crippen molar-refractivity contribution in [2.75, 3.05) is 6.54 Å². The second kappa shape index (κ2) is 5.37. The van der Waals surface area contributed by atoms with Crippen LogP contribution in [0.25, 0.3) is 11.0 Å². The van der Waals surface area contributed by atoms with Gasteiger partial charge in [0, 0.05) is 31.4 Å². The summed E-state index contributed by atoms with van der Waals surface area (Å²) < 4.78 is 2.00.